The van der Waals surface area contributed by atoms with Crippen LogP contribution in [0.1, 0.15) is 62.0 Å². The van der Waals surface area contributed by atoms with Gasteiger partial charge in [-0.3, -0.25) is 14.9 Å². The number of benzene rings is 1. The van der Waals surface area contributed by atoms with Gasteiger partial charge in [0, 0.05) is 37.0 Å². The van der Waals surface area contributed by atoms with Crippen LogP contribution in [0.3, 0.4) is 0 Å². The SMILES string of the molecule is CCOC(=O)c1cn(C2CC2)c2c(C)c(N3CC(C)CC(C)C3)c([N+](=O)[O-])cc2c1=O. The van der Waals surface area contributed by atoms with Crippen LogP contribution in [-0.2, 0) is 4.74 Å². The van der Waals surface area contributed by atoms with Gasteiger partial charge in [-0.05, 0) is 44.9 Å². The van der Waals surface area contributed by atoms with Crippen LogP contribution in [0.2, 0.25) is 0 Å². The zero-order chi connectivity index (χ0) is 22.4. The van der Waals surface area contributed by atoms with Crippen LogP contribution < -0.4 is 10.3 Å². The minimum atomic E-state index is -0.688. The molecule has 0 bridgehead atoms. The van der Waals surface area contributed by atoms with E-state index < -0.39 is 16.3 Å². The fraction of sp³-hybridized carbons (Fsp3) is 0.565. The lowest BCUT2D eigenvalue weighted by molar-refractivity contribution is -0.384. The summed E-state index contributed by atoms with van der Waals surface area (Å²) in [7, 11) is 0. The van der Waals surface area contributed by atoms with Crippen LogP contribution in [0.25, 0.3) is 10.9 Å². The fourth-order valence-corrected chi connectivity index (χ4v) is 5.07. The number of ether oxygens (including phenoxy) is 1. The molecule has 1 saturated carbocycles. The zero-order valence-corrected chi connectivity index (χ0v) is 18.5. The number of hydrogen-bond donors (Lipinski definition) is 0. The number of piperidine rings is 1. The highest BCUT2D eigenvalue weighted by Crippen LogP contribution is 2.43. The van der Waals surface area contributed by atoms with Crippen LogP contribution in [-0.4, -0.2) is 35.2 Å². The first-order chi connectivity index (χ1) is 14.7. The van der Waals surface area contributed by atoms with Crippen molar-refractivity contribution in [3.05, 3.63) is 43.7 Å². The lowest BCUT2D eigenvalue weighted by Gasteiger charge is -2.37. The van der Waals surface area contributed by atoms with E-state index in [0.717, 1.165) is 37.9 Å². The summed E-state index contributed by atoms with van der Waals surface area (Å²) in [5, 5.41) is 12.3. The van der Waals surface area contributed by atoms with Crippen molar-refractivity contribution >= 4 is 28.2 Å². The van der Waals surface area contributed by atoms with Crippen molar-refractivity contribution in [2.24, 2.45) is 11.8 Å². The second-order valence-corrected chi connectivity index (χ2v) is 9.10. The van der Waals surface area contributed by atoms with Crippen LogP contribution in [0.4, 0.5) is 11.4 Å². The lowest BCUT2D eigenvalue weighted by Crippen LogP contribution is -2.39. The van der Waals surface area contributed by atoms with Gasteiger partial charge in [0.15, 0.2) is 0 Å². The van der Waals surface area contributed by atoms with E-state index in [-0.39, 0.29) is 29.3 Å². The Morgan fingerprint density at radius 1 is 1.26 bits per heavy atom. The summed E-state index contributed by atoms with van der Waals surface area (Å²) in [5.41, 5.74) is 1.35. The molecule has 166 valence electrons. The van der Waals surface area contributed by atoms with Gasteiger partial charge in [-0.1, -0.05) is 13.8 Å². The number of pyridine rings is 1. The fourth-order valence-electron chi connectivity index (χ4n) is 5.07. The third-order valence-electron chi connectivity index (χ3n) is 6.32. The third-order valence-corrected chi connectivity index (χ3v) is 6.32. The first kappa shape index (κ1) is 21.3. The molecular formula is C23H29N3O5. The van der Waals surface area contributed by atoms with Crippen molar-refractivity contribution < 1.29 is 14.5 Å². The molecule has 0 N–H and O–H groups in total. The summed E-state index contributed by atoms with van der Waals surface area (Å²) in [4.78, 5) is 39.4. The molecule has 1 aliphatic carbocycles. The Balaban J connectivity index is 2.01. The van der Waals surface area contributed by atoms with E-state index in [4.69, 9.17) is 4.74 Å². The molecule has 2 atom stereocenters. The summed E-state index contributed by atoms with van der Waals surface area (Å²) in [5.74, 6) is 0.164. The largest absolute Gasteiger partial charge is 0.462 e. The van der Waals surface area contributed by atoms with Crippen molar-refractivity contribution in [2.75, 3.05) is 24.6 Å². The van der Waals surface area contributed by atoms with Gasteiger partial charge in [-0.15, -0.1) is 0 Å². The van der Waals surface area contributed by atoms with E-state index >= 15 is 0 Å². The molecule has 8 heteroatoms. The molecule has 0 radical (unpaired) electrons. The standard InChI is InChI=1S/C23H29N3O5/c1-5-31-23(28)18-12-25(16-6-7-16)20-15(4)21(24-10-13(2)8-14(3)11-24)19(26(29)30)9-17(20)22(18)27/h9,12-14,16H,5-8,10-11H2,1-4H3. The molecule has 1 saturated heterocycles. The maximum atomic E-state index is 13.2. The number of rotatable bonds is 5. The van der Waals surface area contributed by atoms with Gasteiger partial charge in [0.05, 0.1) is 22.4 Å². The molecule has 0 spiro atoms. The number of carbonyl (C=O) groups excluding carboxylic acids is 1. The topological polar surface area (TPSA) is 94.7 Å². The Morgan fingerprint density at radius 3 is 2.45 bits per heavy atom. The average molecular weight is 428 g/mol. The Bertz CT molecular complexity index is 1110. The molecule has 2 heterocycles. The summed E-state index contributed by atoms with van der Waals surface area (Å²) in [6.45, 7) is 9.51. The lowest BCUT2D eigenvalue weighted by atomic mass is 9.90. The van der Waals surface area contributed by atoms with Crippen LogP contribution >= 0.6 is 0 Å². The van der Waals surface area contributed by atoms with Crippen molar-refractivity contribution in [3.63, 3.8) is 0 Å². The predicted molar refractivity (Wildman–Crippen MR) is 119 cm³/mol. The number of aromatic nitrogens is 1. The van der Waals surface area contributed by atoms with Crippen molar-refractivity contribution in [1.29, 1.82) is 0 Å². The van der Waals surface area contributed by atoms with Gasteiger partial charge >= 0.3 is 5.97 Å². The van der Waals surface area contributed by atoms with E-state index in [0.29, 0.717) is 23.0 Å². The van der Waals surface area contributed by atoms with Crippen LogP contribution in [0.15, 0.2) is 17.1 Å². The number of nitro groups is 1. The summed E-state index contributed by atoms with van der Waals surface area (Å²) in [6.07, 6.45) is 4.57. The number of hydrogen-bond acceptors (Lipinski definition) is 6. The monoisotopic (exact) mass is 427 g/mol. The maximum absolute atomic E-state index is 13.2. The number of esters is 1. The number of nitrogens with zero attached hydrogens (tertiary/aromatic N) is 3. The normalized spacial score (nSPS) is 21.4. The number of carbonyl (C=O) groups is 1. The van der Waals surface area contributed by atoms with Crippen molar-refractivity contribution in [1.82, 2.24) is 4.57 Å². The number of anilines is 1. The maximum Gasteiger partial charge on any atom is 0.343 e. The smallest absolute Gasteiger partial charge is 0.343 e. The molecule has 4 rings (SSSR count). The van der Waals surface area contributed by atoms with Crippen LogP contribution in [0, 0.1) is 28.9 Å². The van der Waals surface area contributed by atoms with Crippen LogP contribution in [0.5, 0.6) is 0 Å². The second kappa shape index (κ2) is 7.98. The molecule has 2 fully saturated rings. The van der Waals surface area contributed by atoms with E-state index in [9.17, 15) is 19.7 Å². The van der Waals surface area contributed by atoms with Gasteiger partial charge < -0.3 is 14.2 Å². The van der Waals surface area contributed by atoms with Gasteiger partial charge in [0.25, 0.3) is 5.69 Å². The third kappa shape index (κ3) is 3.79. The highest BCUT2D eigenvalue weighted by Gasteiger charge is 2.34. The molecule has 1 aromatic heterocycles. The Kier molecular flexibility index (Phi) is 5.49. The highest BCUT2D eigenvalue weighted by atomic mass is 16.6. The Morgan fingerprint density at radius 2 is 1.90 bits per heavy atom. The van der Waals surface area contributed by atoms with Crippen molar-refractivity contribution in [3.8, 4) is 0 Å². The molecule has 1 aliphatic heterocycles. The Hall–Kier alpha value is -2.90. The van der Waals surface area contributed by atoms with E-state index in [1.807, 2.05) is 11.5 Å². The summed E-state index contributed by atoms with van der Waals surface area (Å²) in [6, 6.07) is 1.55. The zero-order valence-electron chi connectivity index (χ0n) is 18.5. The highest BCUT2D eigenvalue weighted by molar-refractivity contribution is 5.98. The van der Waals surface area contributed by atoms with Gasteiger partial charge in [0.2, 0.25) is 5.43 Å². The number of nitro benzene ring substituents is 1. The first-order valence-electron chi connectivity index (χ1n) is 11.0. The summed E-state index contributed by atoms with van der Waals surface area (Å²) < 4.78 is 7.03. The quantitative estimate of drug-likeness (QED) is 0.403. The first-order valence-corrected chi connectivity index (χ1v) is 11.0. The molecular weight excluding hydrogens is 398 g/mol. The predicted octanol–water partition coefficient (Wildman–Crippen LogP) is 4.21. The molecule has 31 heavy (non-hydrogen) atoms. The Labute approximate surface area is 180 Å². The van der Waals surface area contributed by atoms with Gasteiger partial charge in [-0.25, -0.2) is 4.79 Å². The molecule has 2 aromatic rings. The van der Waals surface area contributed by atoms with E-state index in [1.54, 1.807) is 13.1 Å². The number of aryl methyl sites for hydroxylation is 1. The van der Waals surface area contributed by atoms with E-state index in [1.165, 1.54) is 6.07 Å². The molecule has 0 amide bonds. The summed E-state index contributed by atoms with van der Waals surface area (Å²) >= 11 is 0. The molecule has 2 unspecified atom stereocenters. The second-order valence-electron chi connectivity index (χ2n) is 9.10. The number of fused-ring (bicyclic) bond motifs is 1. The average Bonchev–Trinajstić information content (AvgIpc) is 3.52. The van der Waals surface area contributed by atoms with Gasteiger partial charge in [0.1, 0.15) is 11.3 Å². The molecule has 2 aliphatic rings. The van der Waals surface area contributed by atoms with Crippen molar-refractivity contribution in [2.45, 2.75) is 53.0 Å². The van der Waals surface area contributed by atoms with Gasteiger partial charge in [-0.2, -0.15) is 0 Å². The van der Waals surface area contributed by atoms with E-state index in [2.05, 4.69) is 18.7 Å². The minimum Gasteiger partial charge on any atom is -0.462 e. The minimum absolute atomic E-state index is 0.0667. The molecule has 1 aromatic carbocycles. The molecule has 8 nitrogen and oxygen atoms in total.